The molecular weight excluding hydrogens is 432 g/mol. The smallest absolute Gasteiger partial charge is 0.347 e. The van der Waals surface area contributed by atoms with Gasteiger partial charge in [0.2, 0.25) is 0 Å². The highest BCUT2D eigenvalue weighted by atomic mass is 16.5. The summed E-state index contributed by atoms with van der Waals surface area (Å²) in [5, 5.41) is 0.628. The van der Waals surface area contributed by atoms with Gasteiger partial charge < -0.3 is 18.6 Å². The quantitative estimate of drug-likeness (QED) is 0.135. The van der Waals surface area contributed by atoms with Crippen molar-refractivity contribution in [3.63, 3.8) is 0 Å². The number of furan rings is 1. The first-order valence-electron chi connectivity index (χ1n) is 10.8. The summed E-state index contributed by atoms with van der Waals surface area (Å²) in [6, 6.07) is 19.2. The fraction of sp³-hybridized carbons (Fsp3) is 0.143. The number of hydrogen-bond acceptors (Lipinski definition) is 6. The molecule has 1 heterocycles. The summed E-state index contributed by atoms with van der Waals surface area (Å²) in [7, 11) is 1.59. The molecule has 1 aromatic heterocycles. The second-order valence-corrected chi connectivity index (χ2v) is 7.51. The van der Waals surface area contributed by atoms with Gasteiger partial charge in [0.05, 0.1) is 13.7 Å². The second kappa shape index (κ2) is 10.1. The molecular formula is C28H24O6. The number of hydrogen-bond donors (Lipinski definition) is 0. The largest absolute Gasteiger partial charge is 0.497 e. The molecule has 0 bridgehead atoms. The first kappa shape index (κ1) is 22.9. The Bertz CT molecular complexity index is 1360. The molecule has 0 saturated carbocycles. The van der Waals surface area contributed by atoms with Crippen molar-refractivity contribution in [3.8, 4) is 17.2 Å². The van der Waals surface area contributed by atoms with Crippen LogP contribution in [0.15, 0.2) is 77.2 Å². The van der Waals surface area contributed by atoms with Crippen LogP contribution in [0.5, 0.6) is 17.2 Å². The minimum Gasteiger partial charge on any atom is -0.497 e. The number of fused-ring (bicyclic) bond motifs is 1. The Morgan fingerprint density at radius 3 is 2.44 bits per heavy atom. The number of esters is 1. The number of carbonyl (C=O) groups is 2. The highest BCUT2D eigenvalue weighted by Crippen LogP contribution is 2.30. The number of ketones is 1. The minimum absolute atomic E-state index is 0.166. The van der Waals surface area contributed by atoms with Crippen molar-refractivity contribution in [2.24, 2.45) is 0 Å². The molecule has 0 unspecified atom stereocenters. The standard InChI is InChI=1S/C28H24O6/c1-4-32-23-13-15-26-24(17-23)27(18(2)33-26)28(30)34-21-11-9-20(10-12-21)25(29)14-8-19-6-5-7-22(16-19)31-3/h5-17H,4H2,1-3H3/b14-8+. The predicted molar refractivity (Wildman–Crippen MR) is 130 cm³/mol. The Morgan fingerprint density at radius 1 is 0.941 bits per heavy atom. The monoisotopic (exact) mass is 456 g/mol. The molecule has 0 amide bonds. The van der Waals surface area contributed by atoms with E-state index in [1.165, 1.54) is 6.08 Å². The number of aryl methyl sites for hydroxylation is 1. The summed E-state index contributed by atoms with van der Waals surface area (Å²) in [4.78, 5) is 25.4. The van der Waals surface area contributed by atoms with Crippen LogP contribution in [-0.2, 0) is 0 Å². The van der Waals surface area contributed by atoms with Crippen molar-refractivity contribution in [3.05, 3.63) is 95.3 Å². The van der Waals surface area contributed by atoms with E-state index in [0.717, 1.165) is 11.3 Å². The summed E-state index contributed by atoms with van der Waals surface area (Å²) in [6.45, 7) is 4.12. The normalized spacial score (nSPS) is 11.0. The maximum atomic E-state index is 12.9. The molecule has 0 spiro atoms. The van der Waals surface area contributed by atoms with E-state index >= 15 is 0 Å². The van der Waals surface area contributed by atoms with Crippen molar-refractivity contribution in [1.29, 1.82) is 0 Å². The van der Waals surface area contributed by atoms with Crippen LogP contribution in [0.3, 0.4) is 0 Å². The van der Waals surface area contributed by atoms with E-state index < -0.39 is 5.97 Å². The first-order chi connectivity index (χ1) is 16.5. The molecule has 0 aliphatic carbocycles. The highest BCUT2D eigenvalue weighted by Gasteiger charge is 2.21. The summed E-state index contributed by atoms with van der Waals surface area (Å²) >= 11 is 0. The molecule has 0 atom stereocenters. The van der Waals surface area contributed by atoms with Crippen LogP contribution in [0.2, 0.25) is 0 Å². The first-order valence-corrected chi connectivity index (χ1v) is 10.8. The highest BCUT2D eigenvalue weighted by molar-refractivity contribution is 6.07. The minimum atomic E-state index is -0.540. The molecule has 34 heavy (non-hydrogen) atoms. The maximum absolute atomic E-state index is 12.9. The van der Waals surface area contributed by atoms with Crippen LogP contribution in [0.25, 0.3) is 17.0 Å². The molecule has 0 fully saturated rings. The van der Waals surface area contributed by atoms with Crippen LogP contribution < -0.4 is 14.2 Å². The average molecular weight is 456 g/mol. The topological polar surface area (TPSA) is 75.0 Å². The summed E-state index contributed by atoms with van der Waals surface area (Å²) in [5.74, 6) is 1.45. The molecule has 4 aromatic rings. The fourth-order valence-electron chi connectivity index (χ4n) is 3.57. The molecule has 0 saturated heterocycles. The van der Waals surface area contributed by atoms with Gasteiger partial charge in [-0.2, -0.15) is 0 Å². The van der Waals surface area contributed by atoms with Crippen molar-refractivity contribution in [2.45, 2.75) is 13.8 Å². The van der Waals surface area contributed by atoms with Gasteiger partial charge in [0.25, 0.3) is 0 Å². The third-order valence-electron chi connectivity index (χ3n) is 5.22. The van der Waals surface area contributed by atoms with Gasteiger partial charge in [-0.25, -0.2) is 4.79 Å². The van der Waals surface area contributed by atoms with E-state index in [2.05, 4.69) is 0 Å². The second-order valence-electron chi connectivity index (χ2n) is 7.51. The van der Waals surface area contributed by atoms with Crippen LogP contribution in [-0.4, -0.2) is 25.5 Å². The van der Waals surface area contributed by atoms with Crippen LogP contribution in [0, 0.1) is 6.92 Å². The lowest BCUT2D eigenvalue weighted by molar-refractivity contribution is 0.0734. The molecule has 4 rings (SSSR count). The van der Waals surface area contributed by atoms with E-state index in [4.69, 9.17) is 18.6 Å². The van der Waals surface area contributed by atoms with E-state index in [-0.39, 0.29) is 5.78 Å². The Kier molecular flexibility index (Phi) is 6.78. The molecule has 3 aromatic carbocycles. The van der Waals surface area contributed by atoms with Gasteiger partial charge in [-0.05, 0) is 80.1 Å². The van der Waals surface area contributed by atoms with Gasteiger partial charge in [-0.15, -0.1) is 0 Å². The van der Waals surface area contributed by atoms with Gasteiger partial charge >= 0.3 is 5.97 Å². The van der Waals surface area contributed by atoms with Gasteiger partial charge in [0.1, 0.15) is 34.2 Å². The lowest BCUT2D eigenvalue weighted by atomic mass is 10.1. The molecule has 0 N–H and O–H groups in total. The Balaban J connectivity index is 1.48. The zero-order valence-corrected chi connectivity index (χ0v) is 19.2. The van der Waals surface area contributed by atoms with Crippen molar-refractivity contribution in [1.82, 2.24) is 0 Å². The third kappa shape index (κ3) is 5.02. The molecule has 0 aliphatic heterocycles. The molecule has 0 radical (unpaired) electrons. The van der Waals surface area contributed by atoms with E-state index in [1.807, 2.05) is 31.2 Å². The van der Waals surface area contributed by atoms with Crippen molar-refractivity contribution < 1.29 is 28.2 Å². The van der Waals surface area contributed by atoms with Gasteiger partial charge in [0, 0.05) is 10.9 Å². The SMILES string of the molecule is CCOc1ccc2oc(C)c(C(=O)Oc3ccc(C(=O)/C=C/c4cccc(OC)c4)cc3)c2c1. The number of carbonyl (C=O) groups excluding carboxylic acids is 2. The van der Waals surface area contributed by atoms with Gasteiger partial charge in [0.15, 0.2) is 5.78 Å². The Morgan fingerprint density at radius 2 is 1.71 bits per heavy atom. The molecule has 6 nitrogen and oxygen atoms in total. The molecule has 172 valence electrons. The summed E-state index contributed by atoms with van der Waals surface area (Å²) in [6.07, 6.45) is 3.22. The Labute approximate surface area is 197 Å². The number of rotatable bonds is 8. The van der Waals surface area contributed by atoms with Crippen LogP contribution >= 0.6 is 0 Å². The molecule has 6 heteroatoms. The van der Waals surface area contributed by atoms with Gasteiger partial charge in [-0.3, -0.25) is 4.79 Å². The Hall–Kier alpha value is -4.32. The number of allylic oxidation sites excluding steroid dienone is 1. The lowest BCUT2D eigenvalue weighted by Gasteiger charge is -2.06. The zero-order valence-electron chi connectivity index (χ0n) is 19.2. The predicted octanol–water partition coefficient (Wildman–Crippen LogP) is 6.26. The summed E-state index contributed by atoms with van der Waals surface area (Å²) in [5.41, 5.74) is 2.26. The maximum Gasteiger partial charge on any atom is 0.347 e. The van der Waals surface area contributed by atoms with E-state index in [0.29, 0.717) is 46.0 Å². The number of ether oxygens (including phenoxy) is 3. The number of methoxy groups -OCH3 is 1. The van der Waals surface area contributed by atoms with Crippen molar-refractivity contribution in [2.75, 3.05) is 13.7 Å². The summed E-state index contributed by atoms with van der Waals surface area (Å²) < 4.78 is 22.0. The molecule has 0 aliphatic rings. The van der Waals surface area contributed by atoms with Crippen LogP contribution in [0.1, 0.15) is 39.0 Å². The zero-order chi connectivity index (χ0) is 24.1. The van der Waals surface area contributed by atoms with E-state index in [9.17, 15) is 9.59 Å². The fourth-order valence-corrected chi connectivity index (χ4v) is 3.57. The van der Waals surface area contributed by atoms with E-state index in [1.54, 1.807) is 62.6 Å². The van der Waals surface area contributed by atoms with Crippen LogP contribution in [0.4, 0.5) is 0 Å². The lowest BCUT2D eigenvalue weighted by Crippen LogP contribution is -2.09. The third-order valence-corrected chi connectivity index (χ3v) is 5.22. The average Bonchev–Trinajstić information content (AvgIpc) is 3.18. The number of benzene rings is 3. The van der Waals surface area contributed by atoms with Crippen molar-refractivity contribution >= 4 is 28.8 Å². The van der Waals surface area contributed by atoms with Gasteiger partial charge in [-0.1, -0.05) is 18.2 Å².